The first kappa shape index (κ1) is 19.3. The van der Waals surface area contributed by atoms with E-state index < -0.39 is 27.1 Å². The number of hydrogen-bond acceptors (Lipinski definition) is 8. The quantitative estimate of drug-likeness (QED) is 0.472. The highest BCUT2D eigenvalue weighted by Gasteiger charge is 2.20. The molecule has 0 unspecified atom stereocenters. The lowest BCUT2D eigenvalue weighted by Gasteiger charge is -2.02. The smallest absolute Gasteiger partial charge is 0.277 e. The monoisotopic (exact) mass is 419 g/mol. The molecule has 3 rings (SSSR count). The van der Waals surface area contributed by atoms with E-state index in [1.807, 2.05) is 12.1 Å². The molecule has 2 aromatic carbocycles. The first-order valence-electron chi connectivity index (χ1n) is 7.64. The highest BCUT2D eigenvalue weighted by molar-refractivity contribution is 7.15. The van der Waals surface area contributed by atoms with E-state index in [9.17, 15) is 25.0 Å². The number of amides is 1. The number of benzene rings is 2. The number of aromatic nitrogens is 2. The van der Waals surface area contributed by atoms with Crippen molar-refractivity contribution in [2.45, 2.75) is 6.42 Å². The molecule has 0 aliphatic heterocycles. The van der Waals surface area contributed by atoms with Crippen molar-refractivity contribution >= 4 is 45.4 Å². The van der Waals surface area contributed by atoms with E-state index in [2.05, 4.69) is 15.5 Å². The number of nitrogens with one attached hydrogen (secondary N) is 1. The second-order valence-corrected chi connectivity index (χ2v) is 7.01. The van der Waals surface area contributed by atoms with Gasteiger partial charge < -0.3 is 0 Å². The Morgan fingerprint density at radius 2 is 1.64 bits per heavy atom. The molecule has 0 fully saturated rings. The van der Waals surface area contributed by atoms with Crippen molar-refractivity contribution < 1.29 is 14.6 Å². The number of carbonyl (C=O) groups is 1. The van der Waals surface area contributed by atoms with Crippen molar-refractivity contribution in [2.75, 3.05) is 5.32 Å². The standard InChI is InChI=1S/C16H10ClN5O5S/c17-11-3-1-9(2-4-11)5-14-19-20-16(28-14)18-15(23)10-6-12(21(24)25)8-13(7-10)22(26)27/h1-4,6-8H,5H2,(H,18,20,23). The number of nitro groups is 2. The van der Waals surface area contributed by atoms with Gasteiger partial charge in [0, 0.05) is 23.6 Å². The van der Waals surface area contributed by atoms with Crippen LogP contribution >= 0.6 is 22.9 Å². The van der Waals surface area contributed by atoms with Gasteiger partial charge in [-0.25, -0.2) is 0 Å². The lowest BCUT2D eigenvalue weighted by molar-refractivity contribution is -0.394. The summed E-state index contributed by atoms with van der Waals surface area (Å²) in [4.78, 5) is 32.6. The molecule has 1 amide bonds. The van der Waals surface area contributed by atoms with Crippen LogP contribution in [0.1, 0.15) is 20.9 Å². The lowest BCUT2D eigenvalue weighted by atomic mass is 10.1. The van der Waals surface area contributed by atoms with Gasteiger partial charge in [-0.05, 0) is 17.7 Å². The number of hydrogen-bond donors (Lipinski definition) is 1. The van der Waals surface area contributed by atoms with Crippen LogP contribution in [0.3, 0.4) is 0 Å². The second-order valence-electron chi connectivity index (χ2n) is 5.51. The number of nitrogens with zero attached hydrogens (tertiary/aromatic N) is 4. The van der Waals surface area contributed by atoms with E-state index in [1.165, 1.54) is 0 Å². The summed E-state index contributed by atoms with van der Waals surface area (Å²) >= 11 is 6.96. The molecule has 0 bridgehead atoms. The molecule has 12 heteroatoms. The molecule has 0 spiro atoms. The molecule has 142 valence electrons. The minimum absolute atomic E-state index is 0.170. The summed E-state index contributed by atoms with van der Waals surface area (Å²) in [6.07, 6.45) is 0.479. The van der Waals surface area contributed by atoms with Crippen LogP contribution in [0.15, 0.2) is 42.5 Å². The summed E-state index contributed by atoms with van der Waals surface area (Å²) in [6, 6.07) is 9.86. The fourth-order valence-corrected chi connectivity index (χ4v) is 3.15. The molecule has 0 radical (unpaired) electrons. The van der Waals surface area contributed by atoms with Crippen molar-refractivity contribution in [1.82, 2.24) is 10.2 Å². The molecule has 28 heavy (non-hydrogen) atoms. The number of carbonyl (C=O) groups excluding carboxylic acids is 1. The fourth-order valence-electron chi connectivity index (χ4n) is 2.26. The number of non-ortho nitro benzene ring substituents is 2. The Balaban J connectivity index is 1.76. The van der Waals surface area contributed by atoms with E-state index >= 15 is 0 Å². The maximum Gasteiger partial charge on any atom is 0.277 e. The third-order valence-corrected chi connectivity index (χ3v) is 4.63. The maximum atomic E-state index is 12.3. The van der Waals surface area contributed by atoms with Crippen LogP contribution in [0.2, 0.25) is 5.02 Å². The minimum atomic E-state index is -0.807. The summed E-state index contributed by atoms with van der Waals surface area (Å²) in [6.45, 7) is 0. The summed E-state index contributed by atoms with van der Waals surface area (Å²) in [5.74, 6) is -0.763. The van der Waals surface area contributed by atoms with Gasteiger partial charge in [0.15, 0.2) is 0 Å². The number of rotatable bonds is 6. The van der Waals surface area contributed by atoms with Gasteiger partial charge in [-0.15, -0.1) is 10.2 Å². The van der Waals surface area contributed by atoms with Crippen LogP contribution < -0.4 is 5.32 Å². The predicted octanol–water partition coefficient (Wildman–Crippen LogP) is 3.85. The van der Waals surface area contributed by atoms with Gasteiger partial charge in [-0.3, -0.25) is 30.3 Å². The molecule has 0 saturated heterocycles. The van der Waals surface area contributed by atoms with E-state index in [0.29, 0.717) is 16.5 Å². The first-order valence-corrected chi connectivity index (χ1v) is 8.83. The fraction of sp³-hybridized carbons (Fsp3) is 0.0625. The van der Waals surface area contributed by atoms with E-state index in [1.54, 1.807) is 12.1 Å². The zero-order valence-electron chi connectivity index (χ0n) is 13.9. The van der Waals surface area contributed by atoms with Gasteiger partial charge in [-0.1, -0.05) is 35.1 Å². The average molecular weight is 420 g/mol. The van der Waals surface area contributed by atoms with Crippen LogP contribution in [0.25, 0.3) is 0 Å². The second kappa shape index (κ2) is 8.06. The number of nitro benzene ring substituents is 2. The summed E-state index contributed by atoms with van der Waals surface area (Å²) < 4.78 is 0. The van der Waals surface area contributed by atoms with Crippen molar-refractivity contribution in [3.05, 3.63) is 83.9 Å². The molecule has 0 saturated carbocycles. The van der Waals surface area contributed by atoms with Gasteiger partial charge in [-0.2, -0.15) is 0 Å². The molecule has 0 atom stereocenters. The van der Waals surface area contributed by atoms with Crippen molar-refractivity contribution in [2.24, 2.45) is 0 Å². The third-order valence-electron chi connectivity index (χ3n) is 3.54. The Morgan fingerprint density at radius 3 is 2.21 bits per heavy atom. The van der Waals surface area contributed by atoms with Crippen LogP contribution in [-0.4, -0.2) is 26.0 Å². The van der Waals surface area contributed by atoms with Crippen LogP contribution in [0.4, 0.5) is 16.5 Å². The van der Waals surface area contributed by atoms with Crippen molar-refractivity contribution in [3.8, 4) is 0 Å². The van der Waals surface area contributed by atoms with Crippen molar-refractivity contribution in [3.63, 3.8) is 0 Å². The molecule has 3 aromatic rings. The van der Waals surface area contributed by atoms with Crippen LogP contribution in [0, 0.1) is 20.2 Å². The van der Waals surface area contributed by atoms with Gasteiger partial charge in [0.2, 0.25) is 5.13 Å². The van der Waals surface area contributed by atoms with Crippen LogP contribution in [-0.2, 0) is 6.42 Å². The molecular weight excluding hydrogens is 410 g/mol. The predicted molar refractivity (Wildman–Crippen MR) is 102 cm³/mol. The van der Waals surface area contributed by atoms with Gasteiger partial charge in [0.1, 0.15) is 5.01 Å². The lowest BCUT2D eigenvalue weighted by Crippen LogP contribution is -2.12. The minimum Gasteiger partial charge on any atom is -0.296 e. The van der Waals surface area contributed by atoms with Gasteiger partial charge in [0.25, 0.3) is 17.3 Å². The highest BCUT2D eigenvalue weighted by Crippen LogP contribution is 2.24. The largest absolute Gasteiger partial charge is 0.296 e. The molecule has 0 aliphatic carbocycles. The molecule has 1 N–H and O–H groups in total. The Kier molecular flexibility index (Phi) is 5.57. The first-order chi connectivity index (χ1) is 13.3. The maximum absolute atomic E-state index is 12.3. The van der Waals surface area contributed by atoms with Crippen LogP contribution in [0.5, 0.6) is 0 Å². The Morgan fingerprint density at radius 1 is 1.04 bits per heavy atom. The average Bonchev–Trinajstić information content (AvgIpc) is 3.10. The Bertz CT molecular complexity index is 1040. The Hall–Kier alpha value is -3.44. The van der Waals surface area contributed by atoms with E-state index in [0.717, 1.165) is 35.1 Å². The molecular formula is C16H10ClN5O5S. The summed E-state index contributed by atoms with van der Waals surface area (Å²) in [5.41, 5.74) is -0.386. The zero-order valence-corrected chi connectivity index (χ0v) is 15.4. The topological polar surface area (TPSA) is 141 Å². The number of halogens is 1. The molecule has 0 aliphatic rings. The molecule has 1 aromatic heterocycles. The van der Waals surface area contributed by atoms with Gasteiger partial charge >= 0.3 is 0 Å². The SMILES string of the molecule is O=C(Nc1nnc(Cc2ccc(Cl)cc2)s1)c1cc([N+](=O)[O-])cc([N+](=O)[O-])c1. The summed E-state index contributed by atoms with van der Waals surface area (Å²) in [5, 5.41) is 33.5. The summed E-state index contributed by atoms with van der Waals surface area (Å²) in [7, 11) is 0. The Labute approximate surface area is 166 Å². The normalized spacial score (nSPS) is 10.5. The number of anilines is 1. The van der Waals surface area contributed by atoms with Crippen molar-refractivity contribution in [1.29, 1.82) is 0 Å². The third kappa shape index (κ3) is 4.64. The highest BCUT2D eigenvalue weighted by atomic mass is 35.5. The molecule has 10 nitrogen and oxygen atoms in total. The molecule has 1 heterocycles. The van der Waals surface area contributed by atoms with E-state index in [-0.39, 0.29) is 10.7 Å². The van der Waals surface area contributed by atoms with Gasteiger partial charge in [0.05, 0.1) is 21.5 Å². The van der Waals surface area contributed by atoms with E-state index in [4.69, 9.17) is 11.6 Å². The zero-order chi connectivity index (χ0) is 20.3.